The maximum Gasteiger partial charge on any atom is 0.268 e. The number of nitrogen functional groups attached to an aromatic ring is 1. The Morgan fingerprint density at radius 3 is 3.06 bits per heavy atom. The van der Waals surface area contributed by atoms with Crippen LogP contribution in [0.3, 0.4) is 0 Å². The summed E-state index contributed by atoms with van der Waals surface area (Å²) in [6.45, 7) is 6.38. The molecule has 1 fully saturated rings. The first-order valence-electron chi connectivity index (χ1n) is 6.42. The maximum absolute atomic E-state index is 11.3. The van der Waals surface area contributed by atoms with E-state index in [0.29, 0.717) is 11.6 Å². The molecule has 0 aliphatic carbocycles. The molecule has 2 heterocycles. The van der Waals surface area contributed by atoms with Crippen molar-refractivity contribution in [2.75, 3.05) is 6.54 Å². The third kappa shape index (κ3) is 2.91. The van der Waals surface area contributed by atoms with Crippen molar-refractivity contribution < 1.29 is 9.21 Å². The van der Waals surface area contributed by atoms with E-state index in [-0.39, 0.29) is 5.91 Å². The quantitative estimate of drug-likeness (QED) is 0.485. The zero-order valence-electron chi connectivity index (χ0n) is 11.0. The molecule has 1 aromatic rings. The van der Waals surface area contributed by atoms with Gasteiger partial charge in [0, 0.05) is 6.04 Å². The van der Waals surface area contributed by atoms with E-state index in [1.54, 1.807) is 6.07 Å². The monoisotopic (exact) mass is 251 g/mol. The van der Waals surface area contributed by atoms with Crippen molar-refractivity contribution in [2.45, 2.75) is 39.3 Å². The molecule has 100 valence electrons. The van der Waals surface area contributed by atoms with Gasteiger partial charge in [-0.2, -0.15) is 0 Å². The average Bonchev–Trinajstić information content (AvgIpc) is 2.80. The largest absolute Gasteiger partial charge is 0.467 e. The number of piperidine rings is 1. The molecule has 1 saturated heterocycles. The molecule has 2 atom stereocenters. The molecule has 5 nitrogen and oxygen atoms in total. The van der Waals surface area contributed by atoms with E-state index in [0.717, 1.165) is 24.8 Å². The lowest BCUT2D eigenvalue weighted by Crippen LogP contribution is -2.39. The number of nitrogens with zero attached hydrogens (tertiary/aromatic N) is 1. The molecule has 0 radical (unpaired) electrons. The van der Waals surface area contributed by atoms with Gasteiger partial charge < -0.3 is 4.42 Å². The summed E-state index contributed by atoms with van der Waals surface area (Å²) in [7, 11) is 0. The maximum atomic E-state index is 11.3. The number of hydrogen-bond acceptors (Lipinski definition) is 4. The van der Waals surface area contributed by atoms with E-state index in [4.69, 9.17) is 10.3 Å². The van der Waals surface area contributed by atoms with Crippen molar-refractivity contribution in [1.29, 1.82) is 0 Å². The lowest BCUT2D eigenvalue weighted by Gasteiger charge is -2.35. The molecule has 5 heteroatoms. The molecule has 1 aliphatic rings. The Morgan fingerprint density at radius 1 is 1.61 bits per heavy atom. The number of furan rings is 1. The fourth-order valence-electron chi connectivity index (χ4n) is 2.56. The van der Waals surface area contributed by atoms with Gasteiger partial charge in [0.1, 0.15) is 12.0 Å². The Morgan fingerprint density at radius 2 is 2.39 bits per heavy atom. The lowest BCUT2D eigenvalue weighted by atomic mass is 9.93. The van der Waals surface area contributed by atoms with Crippen molar-refractivity contribution in [2.24, 2.45) is 11.8 Å². The number of nitrogens with two attached hydrogens (primary N) is 1. The predicted molar refractivity (Wildman–Crippen MR) is 68.6 cm³/mol. The van der Waals surface area contributed by atoms with Crippen molar-refractivity contribution in [3.8, 4) is 0 Å². The van der Waals surface area contributed by atoms with Crippen molar-refractivity contribution in [3.63, 3.8) is 0 Å². The summed E-state index contributed by atoms with van der Waals surface area (Å²) in [5.41, 5.74) is 2.58. The van der Waals surface area contributed by atoms with Crippen LogP contribution >= 0.6 is 0 Å². The van der Waals surface area contributed by atoms with Crippen LogP contribution < -0.4 is 11.3 Å². The Kier molecular flexibility index (Phi) is 4.04. The molecule has 0 aromatic carbocycles. The topological polar surface area (TPSA) is 71.5 Å². The van der Waals surface area contributed by atoms with E-state index in [9.17, 15) is 4.79 Å². The number of likely N-dealkylation sites (tertiary alicyclic amines) is 1. The molecular formula is C13H21N3O2. The van der Waals surface area contributed by atoms with E-state index in [1.807, 2.05) is 0 Å². The van der Waals surface area contributed by atoms with Gasteiger partial charge in [-0.3, -0.25) is 15.1 Å². The van der Waals surface area contributed by atoms with Crippen LogP contribution in [0.4, 0.5) is 0 Å². The summed E-state index contributed by atoms with van der Waals surface area (Å²) in [5, 5.41) is 0. The zero-order valence-corrected chi connectivity index (χ0v) is 11.0. The molecule has 0 bridgehead atoms. The first kappa shape index (κ1) is 13.1. The molecule has 0 spiro atoms. The Bertz CT molecular complexity index is 416. The lowest BCUT2D eigenvalue weighted by molar-refractivity contribution is 0.0953. The first-order chi connectivity index (χ1) is 8.60. The molecule has 0 saturated carbocycles. The second kappa shape index (κ2) is 5.54. The van der Waals surface area contributed by atoms with E-state index in [1.165, 1.54) is 19.1 Å². The van der Waals surface area contributed by atoms with Crippen LogP contribution in [0.25, 0.3) is 0 Å². The van der Waals surface area contributed by atoms with Gasteiger partial charge in [-0.05, 0) is 38.3 Å². The minimum Gasteiger partial charge on any atom is -0.467 e. The summed E-state index contributed by atoms with van der Waals surface area (Å²) in [6, 6.07) is 2.32. The fourth-order valence-corrected chi connectivity index (χ4v) is 2.56. The van der Waals surface area contributed by atoms with Gasteiger partial charge in [-0.1, -0.05) is 6.92 Å². The van der Waals surface area contributed by atoms with Gasteiger partial charge in [0.2, 0.25) is 0 Å². The average molecular weight is 251 g/mol. The number of hydrogen-bond donors (Lipinski definition) is 2. The number of rotatable bonds is 3. The molecule has 18 heavy (non-hydrogen) atoms. The SMILES string of the molecule is CC1CCN(Cc2cc(C(=O)NN)co2)C(C)C1. The highest BCUT2D eigenvalue weighted by atomic mass is 16.3. The Labute approximate surface area is 107 Å². The Hall–Kier alpha value is -1.33. The van der Waals surface area contributed by atoms with Crippen LogP contribution in [-0.4, -0.2) is 23.4 Å². The summed E-state index contributed by atoms with van der Waals surface area (Å²) >= 11 is 0. The Balaban J connectivity index is 1.97. The second-order valence-corrected chi connectivity index (χ2v) is 5.22. The van der Waals surface area contributed by atoms with Crippen molar-refractivity contribution in [1.82, 2.24) is 10.3 Å². The second-order valence-electron chi connectivity index (χ2n) is 5.22. The van der Waals surface area contributed by atoms with Crippen LogP contribution in [0.2, 0.25) is 0 Å². The van der Waals surface area contributed by atoms with Gasteiger partial charge in [0.05, 0.1) is 12.1 Å². The highest BCUT2D eigenvalue weighted by molar-refractivity contribution is 5.93. The van der Waals surface area contributed by atoms with E-state index in [2.05, 4.69) is 24.2 Å². The number of nitrogens with one attached hydrogen (secondary N) is 1. The minimum atomic E-state index is -0.315. The van der Waals surface area contributed by atoms with Gasteiger partial charge in [0.15, 0.2) is 0 Å². The van der Waals surface area contributed by atoms with Gasteiger partial charge >= 0.3 is 0 Å². The van der Waals surface area contributed by atoms with E-state index < -0.39 is 0 Å². The first-order valence-corrected chi connectivity index (χ1v) is 6.42. The van der Waals surface area contributed by atoms with Gasteiger partial charge in [0.25, 0.3) is 5.91 Å². The number of amides is 1. The summed E-state index contributed by atoms with van der Waals surface area (Å²) in [4.78, 5) is 13.7. The van der Waals surface area contributed by atoms with Crippen molar-refractivity contribution >= 4 is 5.91 Å². The van der Waals surface area contributed by atoms with E-state index >= 15 is 0 Å². The van der Waals surface area contributed by atoms with Crippen LogP contribution in [0.1, 0.15) is 42.8 Å². The van der Waals surface area contributed by atoms with Crippen LogP contribution in [-0.2, 0) is 6.54 Å². The highest BCUT2D eigenvalue weighted by Gasteiger charge is 2.23. The van der Waals surface area contributed by atoms with Crippen LogP contribution in [0.5, 0.6) is 0 Å². The number of hydrazine groups is 1. The van der Waals surface area contributed by atoms with Crippen molar-refractivity contribution in [3.05, 3.63) is 23.7 Å². The zero-order chi connectivity index (χ0) is 13.1. The third-order valence-corrected chi connectivity index (χ3v) is 3.68. The summed E-state index contributed by atoms with van der Waals surface area (Å²) < 4.78 is 5.41. The van der Waals surface area contributed by atoms with Crippen LogP contribution in [0.15, 0.2) is 16.7 Å². The molecule has 2 rings (SSSR count). The number of carbonyl (C=O) groups excluding carboxylic acids is 1. The fraction of sp³-hybridized carbons (Fsp3) is 0.615. The smallest absolute Gasteiger partial charge is 0.268 e. The molecule has 2 unspecified atom stereocenters. The molecule has 1 aliphatic heterocycles. The molecule has 3 N–H and O–H groups in total. The minimum absolute atomic E-state index is 0.315. The third-order valence-electron chi connectivity index (χ3n) is 3.68. The summed E-state index contributed by atoms with van der Waals surface area (Å²) in [5.74, 6) is 6.38. The van der Waals surface area contributed by atoms with Crippen LogP contribution in [0, 0.1) is 5.92 Å². The number of carbonyl (C=O) groups is 1. The van der Waals surface area contributed by atoms with Gasteiger partial charge in [-0.15, -0.1) is 0 Å². The molecule has 1 amide bonds. The van der Waals surface area contributed by atoms with Gasteiger partial charge in [-0.25, -0.2) is 5.84 Å². The highest BCUT2D eigenvalue weighted by Crippen LogP contribution is 2.24. The summed E-state index contributed by atoms with van der Waals surface area (Å²) in [6.07, 6.45) is 3.90. The normalized spacial score (nSPS) is 25.1. The molecule has 1 aromatic heterocycles. The predicted octanol–water partition coefficient (Wildman–Crippen LogP) is 1.50. The molecular weight excluding hydrogens is 230 g/mol. The standard InChI is InChI=1S/C13H21N3O2/c1-9-3-4-16(10(2)5-9)7-12-6-11(8-18-12)13(17)15-14/h6,8-10H,3-5,7,14H2,1-2H3,(H,15,17).